The second kappa shape index (κ2) is 3.01. The van der Waals surface area contributed by atoms with Crippen LogP contribution < -0.4 is 0 Å². The zero-order chi connectivity index (χ0) is 7.40. The second-order valence-electron chi connectivity index (χ2n) is 2.04. The molecule has 0 heterocycles. The van der Waals surface area contributed by atoms with Crippen LogP contribution in [-0.4, -0.2) is 11.1 Å². The van der Waals surface area contributed by atoms with E-state index in [0.29, 0.717) is 0 Å². The molecule has 0 aromatic carbocycles. The maximum atomic E-state index is 10.0. The molecule has 0 saturated carbocycles. The van der Waals surface area contributed by atoms with E-state index < -0.39 is 5.97 Å². The minimum atomic E-state index is -0.895. The topological polar surface area (TPSA) is 37.3 Å². The van der Waals surface area contributed by atoms with Crippen molar-refractivity contribution >= 4 is 5.97 Å². The molecule has 0 spiro atoms. The Kier molecular flexibility index (Phi) is 2.05. The van der Waals surface area contributed by atoms with E-state index >= 15 is 0 Å². The van der Waals surface area contributed by atoms with E-state index in [9.17, 15) is 4.79 Å². The molecule has 0 radical (unpaired) electrons. The number of carboxylic acids is 1. The molecule has 0 amide bonds. The minimum absolute atomic E-state index is 0.177. The van der Waals surface area contributed by atoms with Crippen molar-refractivity contribution in [2.45, 2.75) is 0 Å². The number of aliphatic carboxylic acids is 1. The Labute approximate surface area is 59.2 Å². The van der Waals surface area contributed by atoms with Gasteiger partial charge in [-0.1, -0.05) is 30.4 Å². The smallest absolute Gasteiger partial charge is 0.328 e. The number of hydrogen-bond donors (Lipinski definition) is 1. The highest BCUT2D eigenvalue weighted by atomic mass is 16.4. The Bertz CT molecular complexity index is 199. The molecular weight excluding hydrogens is 128 g/mol. The zero-order valence-corrected chi connectivity index (χ0v) is 5.40. The maximum absolute atomic E-state index is 10.0. The lowest BCUT2D eigenvalue weighted by atomic mass is 10.1. The van der Waals surface area contributed by atoms with Gasteiger partial charge in [0.25, 0.3) is 0 Å². The second-order valence-corrected chi connectivity index (χ2v) is 2.04. The van der Waals surface area contributed by atoms with Gasteiger partial charge in [-0.05, 0) is 0 Å². The van der Waals surface area contributed by atoms with Crippen molar-refractivity contribution in [3.05, 3.63) is 36.5 Å². The number of allylic oxidation sites excluding steroid dienone is 5. The van der Waals surface area contributed by atoms with Crippen molar-refractivity contribution in [3.63, 3.8) is 0 Å². The molecule has 1 rings (SSSR count). The van der Waals surface area contributed by atoms with E-state index in [2.05, 4.69) is 0 Å². The largest absolute Gasteiger partial charge is 0.478 e. The third-order valence-electron chi connectivity index (χ3n) is 1.24. The fraction of sp³-hybridized carbons (Fsp3) is 0.125. The van der Waals surface area contributed by atoms with E-state index in [0.717, 1.165) is 6.08 Å². The van der Waals surface area contributed by atoms with Crippen molar-refractivity contribution in [2.24, 2.45) is 5.92 Å². The van der Waals surface area contributed by atoms with Gasteiger partial charge in [0.05, 0.1) is 0 Å². The molecule has 0 atom stereocenters. The first-order chi connectivity index (χ1) is 4.79. The Hall–Kier alpha value is -1.31. The predicted molar refractivity (Wildman–Crippen MR) is 38.5 cm³/mol. The first kappa shape index (κ1) is 6.81. The fourth-order valence-electron chi connectivity index (χ4n) is 0.771. The maximum Gasteiger partial charge on any atom is 0.328 e. The van der Waals surface area contributed by atoms with Gasteiger partial charge in [-0.15, -0.1) is 0 Å². The van der Waals surface area contributed by atoms with Crippen LogP contribution in [0.15, 0.2) is 36.5 Å². The minimum Gasteiger partial charge on any atom is -0.478 e. The van der Waals surface area contributed by atoms with Crippen LogP contribution in [0.5, 0.6) is 0 Å². The van der Waals surface area contributed by atoms with Gasteiger partial charge in [-0.2, -0.15) is 0 Å². The first-order valence-corrected chi connectivity index (χ1v) is 3.05. The van der Waals surface area contributed by atoms with Crippen molar-refractivity contribution in [1.29, 1.82) is 0 Å². The summed E-state index contributed by atoms with van der Waals surface area (Å²) in [5.74, 6) is -0.718. The third kappa shape index (κ3) is 1.90. The van der Waals surface area contributed by atoms with Crippen LogP contribution >= 0.6 is 0 Å². The summed E-state index contributed by atoms with van der Waals surface area (Å²) in [5, 5.41) is 8.24. The van der Waals surface area contributed by atoms with E-state index in [4.69, 9.17) is 5.11 Å². The summed E-state index contributed by atoms with van der Waals surface area (Å²) in [5.41, 5.74) is 0. The summed E-state index contributed by atoms with van der Waals surface area (Å²) in [4.78, 5) is 10.0. The summed E-state index contributed by atoms with van der Waals surface area (Å²) in [6.07, 6.45) is 10.5. The number of carbonyl (C=O) groups is 1. The summed E-state index contributed by atoms with van der Waals surface area (Å²) in [6, 6.07) is 0. The number of hydrogen-bond acceptors (Lipinski definition) is 1. The highest BCUT2D eigenvalue weighted by Crippen LogP contribution is 2.09. The lowest BCUT2D eigenvalue weighted by Crippen LogP contribution is -1.89. The van der Waals surface area contributed by atoms with Crippen LogP contribution in [0, 0.1) is 5.92 Å². The summed E-state index contributed by atoms with van der Waals surface area (Å²) < 4.78 is 0. The van der Waals surface area contributed by atoms with Crippen molar-refractivity contribution in [3.8, 4) is 0 Å². The highest BCUT2D eigenvalue weighted by Gasteiger charge is 1.97. The fourth-order valence-corrected chi connectivity index (χ4v) is 0.771. The van der Waals surface area contributed by atoms with Crippen LogP contribution in [0.1, 0.15) is 0 Å². The number of rotatable bonds is 2. The highest BCUT2D eigenvalue weighted by molar-refractivity contribution is 5.79. The van der Waals surface area contributed by atoms with E-state index in [1.807, 2.05) is 24.3 Å². The van der Waals surface area contributed by atoms with Gasteiger partial charge in [0, 0.05) is 12.0 Å². The molecule has 0 aliphatic heterocycles. The zero-order valence-electron chi connectivity index (χ0n) is 5.40. The Balaban J connectivity index is 2.46. The summed E-state index contributed by atoms with van der Waals surface area (Å²) in [7, 11) is 0. The molecule has 1 aliphatic carbocycles. The summed E-state index contributed by atoms with van der Waals surface area (Å²) in [6.45, 7) is 0. The van der Waals surface area contributed by atoms with Gasteiger partial charge in [0.2, 0.25) is 0 Å². The first-order valence-electron chi connectivity index (χ1n) is 3.05. The van der Waals surface area contributed by atoms with Crippen molar-refractivity contribution in [2.75, 3.05) is 0 Å². The molecule has 0 bridgehead atoms. The van der Waals surface area contributed by atoms with Gasteiger partial charge in [-0.3, -0.25) is 0 Å². The van der Waals surface area contributed by atoms with Gasteiger partial charge < -0.3 is 5.11 Å². The summed E-state index contributed by atoms with van der Waals surface area (Å²) >= 11 is 0. The molecule has 52 valence electrons. The standard InChI is InChI=1S/C8H8O2/c9-8(10)6-5-7-3-1-2-4-7/h1-7H,(H,9,10)/b6-5-. The average Bonchev–Trinajstić information content (AvgIpc) is 2.34. The van der Waals surface area contributed by atoms with Crippen LogP contribution in [0.2, 0.25) is 0 Å². The normalized spacial score (nSPS) is 17.2. The quantitative estimate of drug-likeness (QED) is 0.582. The number of carboxylic acid groups (broad SMARTS) is 1. The molecule has 10 heavy (non-hydrogen) atoms. The van der Waals surface area contributed by atoms with Crippen LogP contribution in [0.3, 0.4) is 0 Å². The Morgan fingerprint density at radius 3 is 2.50 bits per heavy atom. The lowest BCUT2D eigenvalue weighted by Gasteiger charge is -1.91. The Morgan fingerprint density at radius 1 is 1.40 bits per heavy atom. The van der Waals surface area contributed by atoms with E-state index in [1.165, 1.54) is 0 Å². The molecule has 0 aromatic rings. The van der Waals surface area contributed by atoms with E-state index in [1.54, 1.807) is 6.08 Å². The van der Waals surface area contributed by atoms with Crippen molar-refractivity contribution in [1.82, 2.24) is 0 Å². The lowest BCUT2D eigenvalue weighted by molar-refractivity contribution is -0.131. The molecular formula is C8H8O2. The predicted octanol–water partition coefficient (Wildman–Crippen LogP) is 1.37. The SMILES string of the molecule is O=C(O)/C=C\C1C=CC=C1. The molecule has 2 nitrogen and oxygen atoms in total. The van der Waals surface area contributed by atoms with Gasteiger partial charge in [0.1, 0.15) is 0 Å². The van der Waals surface area contributed by atoms with Crippen LogP contribution in [0.4, 0.5) is 0 Å². The molecule has 0 aromatic heterocycles. The molecule has 2 heteroatoms. The Morgan fingerprint density at radius 2 is 2.00 bits per heavy atom. The van der Waals surface area contributed by atoms with Gasteiger partial charge in [0.15, 0.2) is 0 Å². The van der Waals surface area contributed by atoms with Gasteiger partial charge in [-0.25, -0.2) is 4.79 Å². The average molecular weight is 136 g/mol. The molecule has 1 N–H and O–H groups in total. The molecule has 1 aliphatic rings. The molecule has 0 unspecified atom stereocenters. The monoisotopic (exact) mass is 136 g/mol. The van der Waals surface area contributed by atoms with Crippen LogP contribution in [-0.2, 0) is 4.79 Å². The van der Waals surface area contributed by atoms with E-state index in [-0.39, 0.29) is 5.92 Å². The molecule has 0 fully saturated rings. The van der Waals surface area contributed by atoms with Crippen molar-refractivity contribution < 1.29 is 9.90 Å². The van der Waals surface area contributed by atoms with Crippen LogP contribution in [0.25, 0.3) is 0 Å². The third-order valence-corrected chi connectivity index (χ3v) is 1.24. The van der Waals surface area contributed by atoms with Gasteiger partial charge >= 0.3 is 5.97 Å². The molecule has 0 saturated heterocycles.